The Balaban J connectivity index is 1.69. The Hall–Kier alpha value is -2.90. The molecular formula is C19H12BrClN2O4. The molecule has 0 radical (unpaired) electrons. The maximum absolute atomic E-state index is 12.0. The Bertz CT molecular complexity index is 1050. The molecule has 1 amide bonds. The Labute approximate surface area is 167 Å². The smallest absolute Gasteiger partial charge is 0.337 e. The first kappa shape index (κ1) is 18.9. The average molecular weight is 448 g/mol. The van der Waals surface area contributed by atoms with Gasteiger partial charge in [-0.3, -0.25) is 4.79 Å². The number of hydrogen-bond acceptors (Lipinski definition) is 4. The first-order valence-electron chi connectivity index (χ1n) is 7.66. The maximum Gasteiger partial charge on any atom is 0.337 e. The van der Waals surface area contributed by atoms with Crippen molar-refractivity contribution in [2.45, 2.75) is 0 Å². The van der Waals surface area contributed by atoms with Crippen LogP contribution in [-0.2, 0) is 0 Å². The summed E-state index contributed by atoms with van der Waals surface area (Å²) in [4.78, 5) is 23.0. The summed E-state index contributed by atoms with van der Waals surface area (Å²) < 4.78 is 6.41. The Kier molecular flexibility index (Phi) is 5.73. The van der Waals surface area contributed by atoms with Gasteiger partial charge >= 0.3 is 5.97 Å². The van der Waals surface area contributed by atoms with E-state index in [0.29, 0.717) is 22.6 Å². The first-order chi connectivity index (χ1) is 12.9. The third-order valence-electron chi connectivity index (χ3n) is 3.56. The summed E-state index contributed by atoms with van der Waals surface area (Å²) in [5.41, 5.74) is 3.53. The number of nitrogens with zero attached hydrogens (tertiary/aromatic N) is 1. The minimum Gasteiger partial charge on any atom is -0.478 e. The molecular weight excluding hydrogens is 436 g/mol. The summed E-state index contributed by atoms with van der Waals surface area (Å²) in [6, 6.07) is 14.8. The van der Waals surface area contributed by atoms with Gasteiger partial charge in [0.1, 0.15) is 11.5 Å². The van der Waals surface area contributed by atoms with Crippen molar-refractivity contribution in [1.82, 2.24) is 5.43 Å². The van der Waals surface area contributed by atoms with Gasteiger partial charge in [0.15, 0.2) is 0 Å². The third kappa shape index (κ3) is 4.64. The molecule has 0 aliphatic carbocycles. The van der Waals surface area contributed by atoms with Crippen molar-refractivity contribution in [3.05, 3.63) is 81.0 Å². The fraction of sp³-hybridized carbons (Fsp3) is 0. The van der Waals surface area contributed by atoms with Crippen molar-refractivity contribution in [3.63, 3.8) is 0 Å². The minimum absolute atomic E-state index is 0.0176. The lowest BCUT2D eigenvalue weighted by atomic mass is 10.1. The van der Waals surface area contributed by atoms with Crippen LogP contribution in [0.4, 0.5) is 0 Å². The summed E-state index contributed by atoms with van der Waals surface area (Å²) >= 11 is 9.27. The number of hydrazone groups is 1. The SMILES string of the molecule is O=C(N/N=C/c1ccc(-c2ccc(C(=O)O)c(Cl)c2)o1)c1cccc(Br)c1. The summed E-state index contributed by atoms with van der Waals surface area (Å²) in [7, 11) is 0. The number of carboxylic acids is 1. The predicted molar refractivity (Wildman–Crippen MR) is 105 cm³/mol. The van der Waals surface area contributed by atoms with E-state index in [2.05, 4.69) is 26.5 Å². The average Bonchev–Trinajstić information content (AvgIpc) is 3.10. The van der Waals surface area contributed by atoms with Crippen molar-refractivity contribution in [2.75, 3.05) is 0 Å². The van der Waals surface area contributed by atoms with Crippen molar-refractivity contribution in [2.24, 2.45) is 5.10 Å². The van der Waals surface area contributed by atoms with Crippen LogP contribution in [0.5, 0.6) is 0 Å². The van der Waals surface area contributed by atoms with E-state index in [-0.39, 0.29) is 16.5 Å². The van der Waals surface area contributed by atoms with Crippen LogP contribution in [0, 0.1) is 0 Å². The molecule has 2 N–H and O–H groups in total. The molecule has 1 aromatic heterocycles. The molecule has 0 aliphatic rings. The van der Waals surface area contributed by atoms with Crippen LogP contribution < -0.4 is 5.43 Å². The number of benzene rings is 2. The van der Waals surface area contributed by atoms with E-state index in [9.17, 15) is 9.59 Å². The van der Waals surface area contributed by atoms with Crippen LogP contribution in [0.25, 0.3) is 11.3 Å². The van der Waals surface area contributed by atoms with Crippen LogP contribution in [0.15, 0.2) is 68.6 Å². The summed E-state index contributed by atoms with van der Waals surface area (Å²) in [5.74, 6) is -0.540. The first-order valence-corrected chi connectivity index (χ1v) is 8.83. The maximum atomic E-state index is 12.0. The topological polar surface area (TPSA) is 91.9 Å². The zero-order valence-corrected chi connectivity index (χ0v) is 16.0. The van der Waals surface area contributed by atoms with Crippen molar-refractivity contribution in [1.29, 1.82) is 0 Å². The molecule has 3 aromatic rings. The highest BCUT2D eigenvalue weighted by molar-refractivity contribution is 9.10. The molecule has 0 bridgehead atoms. The minimum atomic E-state index is -1.10. The van der Waals surface area contributed by atoms with E-state index in [1.807, 2.05) is 6.07 Å². The van der Waals surface area contributed by atoms with Crippen LogP contribution in [0.1, 0.15) is 26.5 Å². The van der Waals surface area contributed by atoms with Gasteiger partial charge in [0.05, 0.1) is 16.8 Å². The number of carbonyl (C=O) groups is 2. The van der Waals surface area contributed by atoms with Crippen molar-refractivity contribution >= 4 is 45.6 Å². The highest BCUT2D eigenvalue weighted by atomic mass is 79.9. The van der Waals surface area contributed by atoms with Crippen molar-refractivity contribution < 1.29 is 19.1 Å². The predicted octanol–water partition coefficient (Wildman–Crippen LogP) is 4.82. The van der Waals surface area contributed by atoms with Crippen LogP contribution in [0.3, 0.4) is 0 Å². The molecule has 3 rings (SSSR count). The molecule has 27 heavy (non-hydrogen) atoms. The number of rotatable bonds is 5. The monoisotopic (exact) mass is 446 g/mol. The molecule has 0 atom stereocenters. The zero-order chi connectivity index (χ0) is 19.4. The summed E-state index contributed by atoms with van der Waals surface area (Å²) in [5, 5.41) is 13.0. The molecule has 6 nitrogen and oxygen atoms in total. The fourth-order valence-electron chi connectivity index (χ4n) is 2.27. The quantitative estimate of drug-likeness (QED) is 0.433. The van der Waals surface area contributed by atoms with Gasteiger partial charge in [-0.2, -0.15) is 5.10 Å². The number of nitrogens with one attached hydrogen (secondary N) is 1. The highest BCUT2D eigenvalue weighted by Gasteiger charge is 2.11. The van der Waals surface area contributed by atoms with Gasteiger partial charge in [0.2, 0.25) is 0 Å². The molecule has 0 aliphatic heterocycles. The molecule has 136 valence electrons. The molecule has 0 saturated carbocycles. The van der Waals surface area contributed by atoms with Crippen LogP contribution in [-0.4, -0.2) is 23.2 Å². The molecule has 0 fully saturated rings. The zero-order valence-electron chi connectivity index (χ0n) is 13.6. The van der Waals surface area contributed by atoms with Gasteiger partial charge in [0.25, 0.3) is 5.91 Å². The van der Waals surface area contributed by atoms with Crippen molar-refractivity contribution in [3.8, 4) is 11.3 Å². The second kappa shape index (κ2) is 8.20. The standard InChI is InChI=1S/C19H12BrClN2O4/c20-13-3-1-2-12(8-13)18(24)23-22-10-14-5-7-17(27-14)11-4-6-15(19(25)26)16(21)9-11/h1-10H,(H,23,24)(H,25,26)/b22-10+. The second-order valence-corrected chi connectivity index (χ2v) is 6.73. The van der Waals surface area contributed by atoms with E-state index < -0.39 is 5.97 Å². The van der Waals surface area contributed by atoms with E-state index >= 15 is 0 Å². The largest absolute Gasteiger partial charge is 0.478 e. The van der Waals surface area contributed by atoms with Crippen LogP contribution >= 0.6 is 27.5 Å². The molecule has 0 unspecified atom stereocenters. The van der Waals surface area contributed by atoms with E-state index in [1.54, 1.807) is 36.4 Å². The third-order valence-corrected chi connectivity index (χ3v) is 4.36. The van der Waals surface area contributed by atoms with Gasteiger partial charge in [-0.15, -0.1) is 0 Å². The van der Waals surface area contributed by atoms with Gasteiger partial charge in [-0.05, 0) is 42.5 Å². The Morgan fingerprint density at radius 3 is 2.67 bits per heavy atom. The number of hydrogen-bond donors (Lipinski definition) is 2. The molecule has 0 spiro atoms. The number of aromatic carboxylic acids is 1. The van der Waals surface area contributed by atoms with E-state index in [4.69, 9.17) is 21.1 Å². The number of amides is 1. The second-order valence-electron chi connectivity index (χ2n) is 5.41. The van der Waals surface area contributed by atoms with Gasteiger partial charge in [0, 0.05) is 15.6 Å². The van der Waals surface area contributed by atoms with E-state index in [1.165, 1.54) is 18.3 Å². The lowest BCUT2D eigenvalue weighted by Crippen LogP contribution is -2.17. The van der Waals surface area contributed by atoms with Crippen LogP contribution in [0.2, 0.25) is 5.02 Å². The molecule has 8 heteroatoms. The fourth-order valence-corrected chi connectivity index (χ4v) is 2.93. The Morgan fingerprint density at radius 1 is 1.15 bits per heavy atom. The van der Waals surface area contributed by atoms with E-state index in [0.717, 1.165) is 4.47 Å². The van der Waals surface area contributed by atoms with Gasteiger partial charge in [-0.1, -0.05) is 39.7 Å². The lowest BCUT2D eigenvalue weighted by molar-refractivity contribution is 0.0696. The lowest BCUT2D eigenvalue weighted by Gasteiger charge is -2.01. The summed E-state index contributed by atoms with van der Waals surface area (Å²) in [6.45, 7) is 0. The number of halogens is 2. The van der Waals surface area contributed by atoms with Gasteiger partial charge in [-0.25, -0.2) is 10.2 Å². The number of furan rings is 1. The number of carboxylic acid groups (broad SMARTS) is 1. The number of carbonyl (C=O) groups excluding carboxylic acids is 1. The highest BCUT2D eigenvalue weighted by Crippen LogP contribution is 2.27. The normalized spacial score (nSPS) is 10.9. The molecule has 2 aromatic carbocycles. The summed E-state index contributed by atoms with van der Waals surface area (Å²) in [6.07, 6.45) is 1.37. The molecule has 1 heterocycles. The Morgan fingerprint density at radius 2 is 1.96 bits per heavy atom. The molecule has 0 saturated heterocycles. The van der Waals surface area contributed by atoms with Gasteiger partial charge < -0.3 is 9.52 Å².